The number of carbonyl (C=O) groups is 1. The lowest BCUT2D eigenvalue weighted by atomic mass is 9.91. The van der Waals surface area contributed by atoms with E-state index in [1.807, 2.05) is 0 Å². The Kier molecular flexibility index (Phi) is 5.79. The monoisotopic (exact) mass is 404 g/mol. The molecule has 0 bridgehead atoms. The summed E-state index contributed by atoms with van der Waals surface area (Å²) in [6, 6.07) is 6.47. The van der Waals surface area contributed by atoms with Crippen LogP contribution in [0.4, 0.5) is 5.95 Å². The second-order valence-electron chi connectivity index (χ2n) is 8.00. The van der Waals surface area contributed by atoms with Crippen LogP contribution in [-0.4, -0.2) is 46.8 Å². The number of phenols is 1. The highest BCUT2D eigenvalue weighted by Crippen LogP contribution is 2.29. The number of aromatic hydroxyl groups is 1. The van der Waals surface area contributed by atoms with Crippen LogP contribution in [0, 0.1) is 5.92 Å². The number of phenolic OH excluding ortho intramolecular Hbond substituents is 1. The molecule has 0 radical (unpaired) electrons. The Labute approximate surface area is 166 Å². The number of benzene rings is 1. The number of amides is 1. The first-order valence-electron chi connectivity index (χ1n) is 9.57. The van der Waals surface area contributed by atoms with Crippen LogP contribution in [0.3, 0.4) is 0 Å². The average Bonchev–Trinajstić information content (AvgIpc) is 3.11. The lowest BCUT2D eigenvalue weighted by molar-refractivity contribution is -0.117. The quantitative estimate of drug-likeness (QED) is 0.641. The van der Waals surface area contributed by atoms with Gasteiger partial charge in [-0.15, -0.1) is 5.10 Å². The van der Waals surface area contributed by atoms with Gasteiger partial charge in [-0.1, -0.05) is 19.3 Å². The van der Waals surface area contributed by atoms with Crippen molar-refractivity contribution in [1.29, 1.82) is 0 Å². The summed E-state index contributed by atoms with van der Waals surface area (Å²) in [5, 5.41) is 18.8. The normalized spacial score (nSPS) is 17.8. The molecule has 152 valence electrons. The number of hydrogen-bond acceptors (Lipinski definition) is 5. The van der Waals surface area contributed by atoms with Crippen LogP contribution in [0.25, 0.3) is 11.4 Å². The first-order chi connectivity index (χ1) is 13.2. The Hall–Kier alpha value is -2.35. The second kappa shape index (κ2) is 7.95. The molecule has 1 fully saturated rings. The van der Waals surface area contributed by atoms with Crippen molar-refractivity contribution in [1.82, 2.24) is 15.2 Å². The van der Waals surface area contributed by atoms with Crippen molar-refractivity contribution < 1.29 is 14.1 Å². The van der Waals surface area contributed by atoms with E-state index in [4.69, 9.17) is 0 Å². The highest BCUT2D eigenvalue weighted by atomic mass is 32.2. The number of anilines is 1. The molecule has 7 nitrogen and oxygen atoms in total. The van der Waals surface area contributed by atoms with Crippen molar-refractivity contribution in [2.45, 2.75) is 50.7 Å². The third-order valence-electron chi connectivity index (χ3n) is 5.56. The number of aromatic nitrogens is 3. The Balaban J connectivity index is 1.69. The molecule has 28 heavy (non-hydrogen) atoms. The number of rotatable bonds is 6. The predicted molar refractivity (Wildman–Crippen MR) is 113 cm³/mol. The first-order valence-corrected chi connectivity index (χ1v) is 11.5. The number of nitrogens with zero attached hydrogens (tertiary/aromatic N) is 2. The van der Waals surface area contributed by atoms with E-state index in [1.54, 1.807) is 38.1 Å². The zero-order valence-corrected chi connectivity index (χ0v) is 17.2. The average molecular weight is 405 g/mol. The molecular formula is C20H28N4O3S. The largest absolute Gasteiger partial charge is 0.508 e. The first kappa shape index (κ1) is 20.4. The van der Waals surface area contributed by atoms with Crippen molar-refractivity contribution in [3.63, 3.8) is 0 Å². The van der Waals surface area contributed by atoms with Gasteiger partial charge in [-0.2, -0.15) is 4.98 Å². The van der Waals surface area contributed by atoms with Gasteiger partial charge in [-0.25, -0.2) is 0 Å². The van der Waals surface area contributed by atoms with Gasteiger partial charge in [0.1, 0.15) is 10.5 Å². The molecule has 1 aromatic heterocycles. The molecule has 3 rings (SSSR count). The van der Waals surface area contributed by atoms with Crippen LogP contribution < -0.4 is 5.32 Å². The van der Waals surface area contributed by atoms with E-state index in [0.717, 1.165) is 31.2 Å². The lowest BCUT2D eigenvalue weighted by Crippen LogP contribution is -2.46. The summed E-state index contributed by atoms with van der Waals surface area (Å²) < 4.78 is 12.2. The van der Waals surface area contributed by atoms with E-state index < -0.39 is 20.2 Å². The molecule has 1 saturated carbocycles. The van der Waals surface area contributed by atoms with Crippen LogP contribution in [0.1, 0.15) is 46.0 Å². The summed E-state index contributed by atoms with van der Waals surface area (Å²) in [5.41, 5.74) is 0.725. The van der Waals surface area contributed by atoms with Gasteiger partial charge in [-0.3, -0.25) is 19.4 Å². The Morgan fingerprint density at radius 1 is 1.29 bits per heavy atom. The molecule has 1 aliphatic carbocycles. The molecule has 8 heteroatoms. The minimum Gasteiger partial charge on any atom is -0.508 e. The summed E-state index contributed by atoms with van der Waals surface area (Å²) in [6.07, 6.45) is 5.66. The van der Waals surface area contributed by atoms with Crippen LogP contribution >= 0.6 is 0 Å². The van der Waals surface area contributed by atoms with E-state index in [2.05, 4.69) is 26.4 Å². The highest BCUT2D eigenvalue weighted by Gasteiger charge is 2.38. The summed E-state index contributed by atoms with van der Waals surface area (Å²) >= 11 is 0. The maximum absolute atomic E-state index is 13.3. The number of nitrogens with one attached hydrogen (secondary N) is 2. The SMILES string of the molecule is C=S(=O)(CC1CCCCC1)C(C)(C)C(=O)Nc1n[nH]c(-c2ccc(O)cc2)n1. The number of hydrogen-bond donors (Lipinski definition) is 3. The van der Waals surface area contributed by atoms with Gasteiger partial charge in [0, 0.05) is 11.3 Å². The van der Waals surface area contributed by atoms with Gasteiger partial charge in [0.15, 0.2) is 5.82 Å². The van der Waals surface area contributed by atoms with E-state index >= 15 is 0 Å². The maximum Gasteiger partial charge on any atom is 0.249 e. The van der Waals surface area contributed by atoms with E-state index in [0.29, 0.717) is 17.5 Å². The molecule has 2 aromatic rings. The predicted octanol–water partition coefficient (Wildman–Crippen LogP) is 3.19. The Bertz CT molecular complexity index is 927. The molecule has 1 aromatic carbocycles. The third kappa shape index (κ3) is 4.38. The highest BCUT2D eigenvalue weighted by molar-refractivity contribution is 8.02. The molecule has 0 spiro atoms. The van der Waals surface area contributed by atoms with E-state index in [-0.39, 0.29) is 11.7 Å². The molecular weight excluding hydrogens is 376 g/mol. The van der Waals surface area contributed by atoms with Gasteiger partial charge >= 0.3 is 0 Å². The van der Waals surface area contributed by atoms with Crippen LogP contribution in [0.5, 0.6) is 5.75 Å². The van der Waals surface area contributed by atoms with Gasteiger partial charge in [-0.05, 0) is 72.3 Å². The van der Waals surface area contributed by atoms with Crippen molar-refractivity contribution >= 4 is 27.2 Å². The third-order valence-corrected chi connectivity index (χ3v) is 8.61. The zero-order valence-electron chi connectivity index (χ0n) is 16.4. The number of carbonyl (C=O) groups excluding carboxylic acids is 1. The van der Waals surface area contributed by atoms with Crippen molar-refractivity contribution in [2.75, 3.05) is 11.1 Å². The Morgan fingerprint density at radius 2 is 1.93 bits per heavy atom. The van der Waals surface area contributed by atoms with Gasteiger partial charge in [0.05, 0.1) is 0 Å². The van der Waals surface area contributed by atoms with Crippen molar-refractivity contribution in [3.8, 4) is 17.1 Å². The zero-order chi connectivity index (χ0) is 20.4. The molecule has 1 heterocycles. The van der Waals surface area contributed by atoms with Crippen LogP contribution in [-0.2, 0) is 14.3 Å². The Morgan fingerprint density at radius 3 is 2.57 bits per heavy atom. The van der Waals surface area contributed by atoms with Gasteiger partial charge < -0.3 is 5.11 Å². The van der Waals surface area contributed by atoms with Crippen LogP contribution in [0.2, 0.25) is 0 Å². The smallest absolute Gasteiger partial charge is 0.249 e. The molecule has 1 unspecified atom stereocenters. The second-order valence-corrected chi connectivity index (χ2v) is 11.0. The topological polar surface area (TPSA) is 108 Å². The molecule has 0 aliphatic heterocycles. The molecule has 1 aliphatic rings. The summed E-state index contributed by atoms with van der Waals surface area (Å²) in [4.78, 5) is 17.1. The summed E-state index contributed by atoms with van der Waals surface area (Å²) in [6.45, 7) is 3.35. The molecule has 3 N–H and O–H groups in total. The molecule has 1 amide bonds. The lowest BCUT2D eigenvalue weighted by Gasteiger charge is -2.31. The fourth-order valence-corrected chi connectivity index (χ4v) is 5.33. The fourth-order valence-electron chi connectivity index (χ4n) is 3.43. The van der Waals surface area contributed by atoms with Crippen LogP contribution in [0.15, 0.2) is 24.3 Å². The minimum absolute atomic E-state index is 0.119. The van der Waals surface area contributed by atoms with Gasteiger partial charge in [0.25, 0.3) is 0 Å². The van der Waals surface area contributed by atoms with Gasteiger partial charge in [0.2, 0.25) is 11.9 Å². The van der Waals surface area contributed by atoms with Crippen molar-refractivity contribution in [3.05, 3.63) is 24.3 Å². The number of H-pyrrole nitrogens is 1. The maximum atomic E-state index is 13.3. The molecule has 0 saturated heterocycles. The fraction of sp³-hybridized carbons (Fsp3) is 0.500. The van der Waals surface area contributed by atoms with E-state index in [1.165, 1.54) is 6.42 Å². The number of aromatic amines is 1. The minimum atomic E-state index is -2.63. The summed E-state index contributed by atoms with van der Waals surface area (Å²) in [7, 11) is -2.63. The summed E-state index contributed by atoms with van der Waals surface area (Å²) in [5.74, 6) is 5.13. The van der Waals surface area contributed by atoms with Crippen molar-refractivity contribution in [2.24, 2.45) is 5.92 Å². The standard InChI is InChI=1S/C20H28N4O3S/c1-20(2,28(3,27)13-14-7-5-4-6-8-14)18(26)22-19-21-17(23-24-19)15-9-11-16(25)12-10-15/h9-12,14,25H,3-8,13H2,1-2H3,(H2,21,22,23,24,26). The molecule has 1 atom stereocenters. The van der Waals surface area contributed by atoms with E-state index in [9.17, 15) is 14.1 Å².